The number of hydrogen-bond donors (Lipinski definition) is 8. The Balaban J connectivity index is 0.000000303. The molecule has 5 rings (SSSR count). The standard InChI is InChI=1S/C20H24N2O6S.C20H24N2O5S.C13H17NO3/c1-20(2,3)16-9-13(11-23)10-17(19(16)25)21-18(24)12-28-15-7-5-14(6-8-15)22-29(4,26)27;1-20(2,3)16-9-14(12-23)10-17(19(16)25)21-18(24)11-13-5-7-15(8-6-13)22-28(4,26)27;1-8(16)14-11-6-9(7-15)5-10(12(11)17)13(2,3)4/h5-11,22,25H,12H2,1-4H3,(H,21,24);5-10,12,22,25H,11H2,1-4H3,(H,21,24);5-7,17H,1-4H3,(H,14,16). The Hall–Kier alpha value is -7.78. The predicted molar refractivity (Wildman–Crippen MR) is 287 cm³/mol. The van der Waals surface area contributed by atoms with Gasteiger partial charge < -0.3 is 36.0 Å². The molecule has 0 fully saturated rings. The fourth-order valence-corrected chi connectivity index (χ4v) is 7.95. The highest BCUT2D eigenvalue weighted by Gasteiger charge is 2.25. The van der Waals surface area contributed by atoms with Crippen molar-refractivity contribution in [1.82, 2.24) is 0 Å². The Morgan fingerprint density at radius 1 is 0.514 bits per heavy atom. The molecule has 5 aromatic carbocycles. The highest BCUT2D eigenvalue weighted by Crippen LogP contribution is 2.39. The van der Waals surface area contributed by atoms with Crippen LogP contribution in [0, 0.1) is 0 Å². The maximum Gasteiger partial charge on any atom is 0.262 e. The lowest BCUT2D eigenvalue weighted by Crippen LogP contribution is -2.21. The van der Waals surface area contributed by atoms with Crippen LogP contribution in [0.3, 0.4) is 0 Å². The van der Waals surface area contributed by atoms with Crippen LogP contribution in [0.15, 0.2) is 84.9 Å². The summed E-state index contributed by atoms with van der Waals surface area (Å²) in [5.74, 6) is -0.989. The molecule has 0 unspecified atom stereocenters. The summed E-state index contributed by atoms with van der Waals surface area (Å²) in [5.41, 5.74) is 3.70. The summed E-state index contributed by atoms with van der Waals surface area (Å²) in [7, 11) is -6.74. The molecule has 74 heavy (non-hydrogen) atoms. The fraction of sp³-hybridized carbons (Fsp3) is 0.321. The third kappa shape index (κ3) is 19.3. The smallest absolute Gasteiger partial charge is 0.262 e. The molecule has 3 amide bonds. The number of sulfonamides is 2. The van der Waals surface area contributed by atoms with Gasteiger partial charge >= 0.3 is 0 Å². The number of carbonyl (C=O) groups excluding carboxylic acids is 6. The second-order valence-electron chi connectivity index (χ2n) is 20.2. The first-order chi connectivity index (χ1) is 34.0. The third-order valence-corrected chi connectivity index (χ3v) is 11.5. The number of aldehydes is 3. The molecule has 0 aliphatic carbocycles. The van der Waals surface area contributed by atoms with Crippen LogP contribution in [0.2, 0.25) is 0 Å². The van der Waals surface area contributed by atoms with E-state index in [1.165, 1.54) is 49.4 Å². The van der Waals surface area contributed by atoms with Crippen molar-refractivity contribution < 1.29 is 65.7 Å². The molecule has 21 heteroatoms. The van der Waals surface area contributed by atoms with Crippen molar-refractivity contribution in [3.63, 3.8) is 0 Å². The van der Waals surface area contributed by atoms with Gasteiger partial charge in [-0.25, -0.2) is 16.8 Å². The first kappa shape index (κ1) is 60.5. The summed E-state index contributed by atoms with van der Waals surface area (Å²) in [6.45, 7) is 18.1. The first-order valence-electron chi connectivity index (χ1n) is 22.7. The van der Waals surface area contributed by atoms with Gasteiger partial charge in [0.1, 0.15) is 41.9 Å². The molecule has 0 atom stereocenters. The van der Waals surface area contributed by atoms with Gasteiger partial charge in [0.2, 0.25) is 31.9 Å². The van der Waals surface area contributed by atoms with Crippen LogP contribution < -0.4 is 30.1 Å². The molecule has 8 N–H and O–H groups in total. The molecule has 398 valence electrons. The van der Waals surface area contributed by atoms with Crippen molar-refractivity contribution in [2.24, 2.45) is 0 Å². The summed E-state index contributed by atoms with van der Waals surface area (Å²) in [6, 6.07) is 21.5. The van der Waals surface area contributed by atoms with E-state index in [9.17, 15) is 60.9 Å². The monoisotopic (exact) mass is 1060 g/mol. The summed E-state index contributed by atoms with van der Waals surface area (Å²) >= 11 is 0. The highest BCUT2D eigenvalue weighted by molar-refractivity contribution is 7.92. The molecule has 0 heterocycles. The largest absolute Gasteiger partial charge is 0.505 e. The molecule has 0 spiro atoms. The minimum Gasteiger partial charge on any atom is -0.505 e. The van der Waals surface area contributed by atoms with E-state index < -0.39 is 36.8 Å². The number of rotatable bonds is 15. The summed E-state index contributed by atoms with van der Waals surface area (Å²) < 4.78 is 54.9. The number of ether oxygens (including phenoxy) is 1. The molecular formula is C53H65N5O14S2. The molecule has 5 aromatic rings. The Morgan fingerprint density at radius 3 is 1.15 bits per heavy atom. The number of amides is 3. The molecule has 0 aliphatic heterocycles. The van der Waals surface area contributed by atoms with Crippen molar-refractivity contribution in [1.29, 1.82) is 0 Å². The van der Waals surface area contributed by atoms with Crippen molar-refractivity contribution in [3.8, 4) is 23.0 Å². The summed E-state index contributed by atoms with van der Waals surface area (Å²) in [5, 5.41) is 38.7. The number of carbonyl (C=O) groups is 6. The third-order valence-electron chi connectivity index (χ3n) is 10.2. The molecule has 19 nitrogen and oxygen atoms in total. The van der Waals surface area contributed by atoms with Crippen LogP contribution in [-0.4, -0.2) is 87.9 Å². The van der Waals surface area contributed by atoms with Gasteiger partial charge in [0.25, 0.3) is 5.91 Å². The Kier molecular flexibility index (Phi) is 20.3. The lowest BCUT2D eigenvalue weighted by atomic mass is 9.85. The molecule has 0 aromatic heterocycles. The minimum atomic E-state index is -3.38. The lowest BCUT2D eigenvalue weighted by molar-refractivity contribution is -0.118. The molecule has 0 saturated heterocycles. The zero-order valence-electron chi connectivity index (χ0n) is 43.4. The Morgan fingerprint density at radius 2 is 0.838 bits per heavy atom. The lowest BCUT2D eigenvalue weighted by Gasteiger charge is -2.22. The number of anilines is 5. The van der Waals surface area contributed by atoms with Crippen LogP contribution in [0.4, 0.5) is 28.4 Å². The SMILES string of the molecule is CC(=O)Nc1cc(C=O)cc(C(C)(C)C)c1O.CC(C)(C)c1cc(C=O)cc(NC(=O)COc2ccc(NS(C)(=O)=O)cc2)c1O.CC(C)(C)c1cc(C=O)cc(NC(=O)Cc2ccc(NS(C)(=O)=O)cc2)c1O. The van der Waals surface area contributed by atoms with Crippen molar-refractivity contribution in [2.45, 2.75) is 91.9 Å². The van der Waals surface area contributed by atoms with E-state index in [0.717, 1.165) is 12.5 Å². The van der Waals surface area contributed by atoms with Crippen molar-refractivity contribution in [2.75, 3.05) is 44.5 Å². The van der Waals surface area contributed by atoms with E-state index in [0.29, 0.717) is 74.9 Å². The molecular weight excluding hydrogens is 995 g/mol. The fourth-order valence-electron chi connectivity index (χ4n) is 6.82. The number of phenolic OH excluding ortho intramolecular Hbond substituents is 3. The van der Waals surface area contributed by atoms with Crippen LogP contribution in [0.25, 0.3) is 0 Å². The molecule has 0 radical (unpaired) electrons. The normalized spacial score (nSPS) is 11.5. The maximum atomic E-state index is 12.4. The van der Waals surface area contributed by atoms with E-state index >= 15 is 0 Å². The van der Waals surface area contributed by atoms with Crippen LogP contribution in [0.1, 0.15) is 123 Å². The molecule has 0 bridgehead atoms. The molecule has 0 aliphatic rings. The van der Waals surface area contributed by atoms with Crippen LogP contribution >= 0.6 is 0 Å². The van der Waals surface area contributed by atoms with Crippen LogP contribution in [-0.2, 0) is 57.1 Å². The minimum absolute atomic E-state index is 0.0123. The zero-order valence-corrected chi connectivity index (χ0v) is 45.0. The van der Waals surface area contributed by atoms with Gasteiger partial charge in [-0.1, -0.05) is 74.4 Å². The topological polar surface area (TPSA) is 301 Å². The maximum absolute atomic E-state index is 12.4. The van der Waals surface area contributed by atoms with E-state index in [1.54, 1.807) is 42.5 Å². The van der Waals surface area contributed by atoms with E-state index in [1.807, 2.05) is 62.3 Å². The first-order valence-corrected chi connectivity index (χ1v) is 26.4. The zero-order chi connectivity index (χ0) is 56.1. The number of phenols is 3. The number of hydrogen-bond acceptors (Lipinski definition) is 14. The molecule has 0 saturated carbocycles. The highest BCUT2D eigenvalue weighted by atomic mass is 32.2. The Labute approximate surface area is 432 Å². The number of benzene rings is 5. The van der Waals surface area contributed by atoms with Gasteiger partial charge in [-0.3, -0.25) is 38.2 Å². The second kappa shape index (κ2) is 24.8. The van der Waals surface area contributed by atoms with E-state index in [-0.39, 0.29) is 64.6 Å². The van der Waals surface area contributed by atoms with Crippen molar-refractivity contribution in [3.05, 3.63) is 124 Å². The summed E-state index contributed by atoms with van der Waals surface area (Å²) in [6.07, 6.45) is 4.13. The van der Waals surface area contributed by atoms with Gasteiger partial charge in [-0.2, -0.15) is 0 Å². The number of nitrogens with one attached hydrogen (secondary N) is 5. The van der Waals surface area contributed by atoms with E-state index in [2.05, 4.69) is 25.4 Å². The van der Waals surface area contributed by atoms with Gasteiger partial charge in [-0.05, 0) is 94.6 Å². The van der Waals surface area contributed by atoms with Gasteiger partial charge in [0.15, 0.2) is 6.61 Å². The average molecular weight is 1060 g/mol. The van der Waals surface area contributed by atoms with Gasteiger partial charge in [0, 0.05) is 51.7 Å². The average Bonchev–Trinajstić information content (AvgIpc) is 3.27. The van der Waals surface area contributed by atoms with Gasteiger partial charge in [-0.15, -0.1) is 0 Å². The summed E-state index contributed by atoms with van der Waals surface area (Å²) in [4.78, 5) is 68.9. The van der Waals surface area contributed by atoms with Crippen molar-refractivity contribution >= 4 is 85.1 Å². The quantitative estimate of drug-likeness (QED) is 0.0361. The van der Waals surface area contributed by atoms with E-state index in [4.69, 9.17) is 4.74 Å². The predicted octanol–water partition coefficient (Wildman–Crippen LogP) is 8.41. The van der Waals surface area contributed by atoms with Gasteiger partial charge in [0.05, 0.1) is 36.0 Å². The van der Waals surface area contributed by atoms with Crippen LogP contribution in [0.5, 0.6) is 23.0 Å². The Bertz CT molecular complexity index is 3100. The second-order valence-corrected chi connectivity index (χ2v) is 23.7. The number of aromatic hydroxyl groups is 3.